The van der Waals surface area contributed by atoms with Crippen LogP contribution in [-0.4, -0.2) is 173 Å². The molecule has 0 atom stereocenters. The fourth-order valence-corrected chi connectivity index (χ4v) is 16.6. The summed E-state index contributed by atoms with van der Waals surface area (Å²) in [6.45, 7) is 37.4. The Bertz CT molecular complexity index is 6190. The van der Waals surface area contributed by atoms with E-state index < -0.39 is 16.1 Å². The molecule has 13 heterocycles. The van der Waals surface area contributed by atoms with Crippen molar-refractivity contribution in [3.05, 3.63) is 196 Å². The van der Waals surface area contributed by atoms with Gasteiger partial charge in [0.2, 0.25) is 0 Å². The summed E-state index contributed by atoms with van der Waals surface area (Å²) in [4.78, 5) is 118. The van der Waals surface area contributed by atoms with Crippen LogP contribution in [0.3, 0.4) is 0 Å². The van der Waals surface area contributed by atoms with Gasteiger partial charge in [0, 0.05) is 115 Å². The van der Waals surface area contributed by atoms with E-state index in [1.807, 2.05) is 109 Å². The van der Waals surface area contributed by atoms with Gasteiger partial charge < -0.3 is 60.4 Å². The number of benzene rings is 3. The Balaban J connectivity index is 0.000000145. The fourth-order valence-electron chi connectivity index (χ4n) is 12.5. The van der Waals surface area contributed by atoms with Crippen molar-refractivity contribution in [1.82, 2.24) is 111 Å². The fraction of sp³-hybridized carbons (Fsp3) is 0.318. The van der Waals surface area contributed by atoms with E-state index in [2.05, 4.69) is 258 Å². The number of aromatic nitrogens is 18. The van der Waals surface area contributed by atoms with Crippen LogP contribution in [0.15, 0.2) is 147 Å². The molecule has 0 aliphatic carbocycles. The lowest BCUT2D eigenvalue weighted by Crippen LogP contribution is -2.37. The molecular formula is C85H97Cl3I3N23O5Si2. The Morgan fingerprint density at radius 3 is 1.30 bits per heavy atom. The molecule has 0 radical (unpaired) electrons. The molecule has 0 unspecified atom stereocenters. The number of anilines is 1. The molecule has 121 heavy (non-hydrogen) atoms. The summed E-state index contributed by atoms with van der Waals surface area (Å²) in [5.41, 5.74) is 16.9. The highest BCUT2D eigenvalue weighted by Crippen LogP contribution is 2.35. The normalized spacial score (nSPS) is 12.6. The van der Waals surface area contributed by atoms with Crippen molar-refractivity contribution in [2.24, 2.45) is 5.41 Å². The van der Waals surface area contributed by atoms with Crippen LogP contribution in [-0.2, 0) is 11.5 Å². The summed E-state index contributed by atoms with van der Waals surface area (Å²) < 4.78 is 10.9. The van der Waals surface area contributed by atoms with Gasteiger partial charge in [0.05, 0.1) is 91.7 Å². The topological polar surface area (TPSA) is 367 Å². The largest absolute Gasteiger partial charge is 0.371 e. The van der Waals surface area contributed by atoms with Gasteiger partial charge in [-0.3, -0.25) is 19.2 Å². The Labute approximate surface area is 759 Å². The van der Waals surface area contributed by atoms with Crippen LogP contribution >= 0.6 is 103 Å². The minimum absolute atomic E-state index is 0.0648. The molecule has 0 spiro atoms. The summed E-state index contributed by atoms with van der Waals surface area (Å²) in [6, 6.07) is 26.4. The summed E-state index contributed by atoms with van der Waals surface area (Å²) >= 11 is 23.9. The molecular weight excluding hydrogens is 1970 g/mol. The maximum Gasteiger partial charge on any atom is 0.255 e. The van der Waals surface area contributed by atoms with Gasteiger partial charge in [-0.2, -0.15) is 0 Å². The molecule has 36 heteroatoms. The van der Waals surface area contributed by atoms with E-state index in [0.29, 0.717) is 89.4 Å². The van der Waals surface area contributed by atoms with Crippen molar-refractivity contribution in [2.45, 2.75) is 152 Å². The minimum atomic E-state index is -1.40. The molecule has 1 fully saturated rings. The average molecular weight is 2060 g/mol. The number of H-pyrrole nitrogens is 5. The van der Waals surface area contributed by atoms with Crippen LogP contribution in [0.4, 0.5) is 5.69 Å². The third-order valence-corrected chi connectivity index (χ3v) is 25.1. The van der Waals surface area contributed by atoms with Gasteiger partial charge in [-0.1, -0.05) is 142 Å². The Kier molecular flexibility index (Phi) is 31.0. The van der Waals surface area contributed by atoms with E-state index in [-0.39, 0.29) is 52.9 Å². The summed E-state index contributed by atoms with van der Waals surface area (Å²) in [7, 11) is -2.44. The lowest BCUT2D eigenvalue weighted by Gasteiger charge is -2.22. The van der Waals surface area contributed by atoms with Crippen LogP contribution in [0.2, 0.25) is 60.8 Å². The Morgan fingerprint density at radius 2 is 0.868 bits per heavy atom. The Hall–Kier alpha value is -9.49. The summed E-state index contributed by atoms with van der Waals surface area (Å²) in [5.74, 6) is -0.600. The molecule has 12 aromatic heterocycles. The monoisotopic (exact) mass is 2060 g/mol. The predicted molar refractivity (Wildman–Crippen MR) is 515 cm³/mol. The zero-order valence-corrected chi connectivity index (χ0v) is 80.7. The number of carbonyl (C=O) groups is 4. The smallest absolute Gasteiger partial charge is 0.255 e. The number of ether oxygens (including phenoxy) is 1. The molecule has 1 aliphatic rings. The quantitative estimate of drug-likeness (QED) is 0.0219. The standard InChI is InChI=1S/C22H27N5O.C19H24N4OSi.C16H15IN4O.C12H17ClIN3OSi.C10H11ClN4O.C6H3ClIN3/c1-14(2)25-21(28)17-11-23-20-19(17)26-18(12-24-20)15-6-5-7-16(10-15)27-9-8-22(3,4)13-27;1-12(2)22-19(24)15-10-20-18-17(15)23-16(11-21-18)13-7-6-8-14(9-13)25(3,4)5;1-9(2)20-16(22)12-7-18-15-14(12)21-13(8-19-15)10-4-3-5-11(17)6-10;1-19(2,3)5-4-18-8-17-7-9(14)11-12(17)15-6-10(13)16-11;1-5(2)14-10(16)6-3-12-9-8(6)15-7(11)4-13-9;7-4-2-10-6-5(11-4)3(8)1-9-6/h5-7,10-12,14H,8-9,13H2,1-4H3,(H,23,24)(H,25,28);6-12H,1-5H3,(H,20,21)(H,22,24);3-9H,1-2H3,(H,18,19)(H,20,22);6-7H,4-5,8H2,1-3H3;3-5H,1-2H3,(H,12,13)(H,14,16);1-2H,(H,9,10). The van der Waals surface area contributed by atoms with Crippen molar-refractivity contribution in [3.63, 3.8) is 0 Å². The number of halogens is 6. The SMILES string of the molecule is CC(C)NC(=O)c1c[nH]c2ncc(-c3cccc(I)c3)nc12.CC(C)NC(=O)c1c[nH]c2ncc(-c3cccc(N4CCC(C)(C)C4)c3)nc12.CC(C)NC(=O)c1c[nH]c2ncc(-c3cccc([Si](C)(C)C)c3)nc12.CC(C)NC(=O)c1c[nH]c2ncc(Cl)nc12.C[Si](C)(C)CCOCn1cc(I)c2nc(Cl)cnc21.Clc1cnc2[nH]cc(I)c2n1. The van der Waals surface area contributed by atoms with Crippen molar-refractivity contribution in [3.8, 4) is 33.8 Å². The number of amides is 4. The van der Waals surface area contributed by atoms with Crippen LogP contribution < -0.4 is 31.4 Å². The van der Waals surface area contributed by atoms with Crippen LogP contribution in [0.25, 0.3) is 101 Å². The highest BCUT2D eigenvalue weighted by atomic mass is 127. The van der Waals surface area contributed by atoms with Crippen molar-refractivity contribution >= 4 is 220 Å². The number of fused-ring (bicyclic) bond motifs is 6. The summed E-state index contributed by atoms with van der Waals surface area (Å²) in [6.07, 6.45) is 21.4. The van der Waals surface area contributed by atoms with Gasteiger partial charge in [-0.05, 0) is 165 Å². The van der Waals surface area contributed by atoms with Crippen molar-refractivity contribution < 1.29 is 23.9 Å². The van der Waals surface area contributed by atoms with E-state index in [0.717, 1.165) is 86.5 Å². The van der Waals surface area contributed by atoms with Crippen molar-refractivity contribution in [1.29, 1.82) is 0 Å². The third kappa shape index (κ3) is 24.9. The van der Waals surface area contributed by atoms with E-state index in [4.69, 9.17) is 49.5 Å². The molecule has 9 N–H and O–H groups in total. The number of hydrogen-bond acceptors (Lipinski definition) is 18. The number of rotatable bonds is 18. The molecule has 0 saturated carbocycles. The lowest BCUT2D eigenvalue weighted by molar-refractivity contribution is 0.0897. The number of nitrogens with one attached hydrogen (secondary N) is 9. The second kappa shape index (κ2) is 40.7. The first-order chi connectivity index (χ1) is 57.3. The van der Waals surface area contributed by atoms with Gasteiger partial charge >= 0.3 is 0 Å². The van der Waals surface area contributed by atoms with Crippen molar-refractivity contribution in [2.75, 3.05) is 24.6 Å². The van der Waals surface area contributed by atoms with E-state index in [9.17, 15) is 19.2 Å². The first-order valence-corrected chi connectivity index (χ1v) is 50.8. The molecule has 1 aliphatic heterocycles. The second-order valence-corrected chi connectivity index (χ2v) is 48.4. The molecule has 1 saturated heterocycles. The van der Waals surface area contributed by atoms with Gasteiger partial charge in [0.15, 0.2) is 33.9 Å². The van der Waals surface area contributed by atoms with Crippen LogP contribution in [0.5, 0.6) is 0 Å². The summed E-state index contributed by atoms with van der Waals surface area (Å²) in [5, 5.41) is 14.0. The van der Waals surface area contributed by atoms with Gasteiger partial charge in [0.25, 0.3) is 23.6 Å². The zero-order valence-electron chi connectivity index (χ0n) is 70.0. The third-order valence-electron chi connectivity index (χ3n) is 18.5. The van der Waals surface area contributed by atoms with Crippen LogP contribution in [0, 0.1) is 16.1 Å². The number of aromatic amines is 5. The molecule has 15 aromatic rings. The zero-order chi connectivity index (χ0) is 87.4. The maximum atomic E-state index is 12.5. The van der Waals surface area contributed by atoms with E-state index in [1.165, 1.54) is 35.7 Å². The van der Waals surface area contributed by atoms with Gasteiger partial charge in [-0.25, -0.2) is 59.8 Å². The second-order valence-electron chi connectivity index (χ2n) is 33.0. The Morgan fingerprint density at radius 1 is 0.479 bits per heavy atom. The minimum Gasteiger partial charge on any atom is -0.371 e. The number of carbonyl (C=O) groups excluding carboxylic acids is 4. The number of hydrogen-bond donors (Lipinski definition) is 9. The predicted octanol–water partition coefficient (Wildman–Crippen LogP) is 18.6. The highest BCUT2D eigenvalue weighted by Gasteiger charge is 2.30. The maximum absolute atomic E-state index is 12.5. The van der Waals surface area contributed by atoms with E-state index >= 15 is 0 Å². The first kappa shape index (κ1) is 92.2. The molecule has 28 nitrogen and oxygen atoms in total. The average Bonchev–Trinajstić information content (AvgIpc) is 1.68. The molecule has 632 valence electrons. The molecule has 16 rings (SSSR count). The molecule has 0 bridgehead atoms. The lowest BCUT2D eigenvalue weighted by atomic mass is 9.93. The first-order valence-electron chi connectivity index (χ1n) is 39.2. The van der Waals surface area contributed by atoms with E-state index in [1.54, 1.807) is 49.6 Å². The van der Waals surface area contributed by atoms with Gasteiger partial charge in [-0.15, -0.1) is 0 Å². The van der Waals surface area contributed by atoms with Crippen LogP contribution in [0.1, 0.15) is 117 Å². The number of nitrogens with zero attached hydrogens (tertiary/aromatic N) is 14. The molecule has 3 aromatic carbocycles. The molecule has 4 amide bonds. The highest BCUT2D eigenvalue weighted by molar-refractivity contribution is 14.1. The van der Waals surface area contributed by atoms with Gasteiger partial charge in [0.1, 0.15) is 55.3 Å².